The minimum atomic E-state index is -1.39. The van der Waals surface area contributed by atoms with Gasteiger partial charge in [-0.25, -0.2) is 9.46 Å². The van der Waals surface area contributed by atoms with Gasteiger partial charge in [0.05, 0.1) is 19.1 Å². The highest BCUT2D eigenvalue weighted by Gasteiger charge is 2.28. The molecule has 1 unspecified atom stereocenters. The molecular formula is C27H35N2O5P. The van der Waals surface area contributed by atoms with Crippen molar-refractivity contribution in [1.82, 2.24) is 4.67 Å². The third-order valence-corrected chi connectivity index (χ3v) is 6.82. The van der Waals surface area contributed by atoms with Crippen LogP contribution in [0.25, 0.3) is 11.0 Å². The number of hydrogen-bond donors (Lipinski definition) is 0. The standard InChI is InChI=1S/C25H29N2O5P.C2H6/c1-18(2)27(19(3)4)33(30-14-6-13-26)32-23-8-5-7-22(16-23)29-17-20-9-10-21-11-12-25(28)31-24(21)15-20;1-2/h5,7-12,15-16,18-19H,6,14,17H2,1-4H3;1-2H3. The van der Waals surface area contributed by atoms with Crippen molar-refractivity contribution in [2.24, 2.45) is 0 Å². The lowest BCUT2D eigenvalue weighted by molar-refractivity contribution is 0.219. The summed E-state index contributed by atoms with van der Waals surface area (Å²) in [6.07, 6.45) is 0.307. The lowest BCUT2D eigenvalue weighted by Gasteiger charge is -2.35. The van der Waals surface area contributed by atoms with E-state index >= 15 is 0 Å². The lowest BCUT2D eigenvalue weighted by atomic mass is 10.1. The highest BCUT2D eigenvalue weighted by atomic mass is 31.2. The molecule has 3 rings (SSSR count). The summed E-state index contributed by atoms with van der Waals surface area (Å²) in [5, 5.41) is 9.73. The SMILES string of the molecule is CC.CC(C)N(C(C)C)P(OCCC#N)Oc1cccc(OCc2ccc3ccc(=O)oc3c2)c1. The minimum absolute atomic E-state index is 0.214. The monoisotopic (exact) mass is 498 g/mol. The number of nitriles is 1. The fourth-order valence-corrected chi connectivity index (χ4v) is 4.93. The van der Waals surface area contributed by atoms with Crippen LogP contribution in [0, 0.1) is 11.3 Å². The number of rotatable bonds is 11. The highest BCUT2D eigenvalue weighted by molar-refractivity contribution is 7.45. The maximum absolute atomic E-state index is 11.5. The Balaban J connectivity index is 0.00000210. The molecule has 0 radical (unpaired) electrons. The Bertz CT molecular complexity index is 1150. The predicted molar refractivity (Wildman–Crippen MR) is 140 cm³/mol. The molecule has 3 aromatic rings. The van der Waals surface area contributed by atoms with Crippen LogP contribution in [-0.2, 0) is 11.1 Å². The molecule has 35 heavy (non-hydrogen) atoms. The summed E-state index contributed by atoms with van der Waals surface area (Å²) in [5.74, 6) is 1.28. The molecule has 0 aliphatic carbocycles. The topological polar surface area (TPSA) is 84.9 Å². The van der Waals surface area contributed by atoms with E-state index in [-0.39, 0.29) is 17.7 Å². The Morgan fingerprint density at radius 3 is 2.37 bits per heavy atom. The maximum Gasteiger partial charge on any atom is 0.336 e. The van der Waals surface area contributed by atoms with Crippen molar-refractivity contribution in [3.63, 3.8) is 0 Å². The van der Waals surface area contributed by atoms with E-state index in [1.165, 1.54) is 6.07 Å². The second-order valence-electron chi connectivity index (χ2n) is 8.03. The molecule has 1 heterocycles. The Hall–Kier alpha value is -2.91. The molecule has 0 bridgehead atoms. The van der Waals surface area contributed by atoms with Crippen molar-refractivity contribution in [3.8, 4) is 17.6 Å². The zero-order valence-corrected chi connectivity index (χ0v) is 22.2. The Kier molecular flexibility index (Phi) is 11.7. The Morgan fingerprint density at radius 2 is 1.69 bits per heavy atom. The molecule has 0 saturated heterocycles. The predicted octanol–water partition coefficient (Wildman–Crippen LogP) is 7.05. The maximum atomic E-state index is 11.5. The molecule has 7 nitrogen and oxygen atoms in total. The fourth-order valence-electron chi connectivity index (χ4n) is 3.36. The lowest BCUT2D eigenvalue weighted by Crippen LogP contribution is -2.34. The van der Waals surface area contributed by atoms with Gasteiger partial charge in [-0.05, 0) is 57.5 Å². The van der Waals surface area contributed by atoms with E-state index in [2.05, 4.69) is 38.4 Å². The van der Waals surface area contributed by atoms with E-state index in [0.717, 1.165) is 10.9 Å². The van der Waals surface area contributed by atoms with Gasteiger partial charge in [0.1, 0.15) is 23.7 Å². The first-order valence-electron chi connectivity index (χ1n) is 11.9. The van der Waals surface area contributed by atoms with Gasteiger partial charge in [-0.15, -0.1) is 0 Å². The number of hydrogen-bond acceptors (Lipinski definition) is 7. The zero-order chi connectivity index (χ0) is 25.8. The van der Waals surface area contributed by atoms with Crippen molar-refractivity contribution < 1.29 is 18.2 Å². The van der Waals surface area contributed by atoms with E-state index in [1.807, 2.05) is 56.3 Å². The molecule has 2 aromatic carbocycles. The first kappa shape index (κ1) is 28.3. The van der Waals surface area contributed by atoms with Gasteiger partial charge in [-0.1, -0.05) is 32.0 Å². The van der Waals surface area contributed by atoms with E-state index in [1.54, 1.807) is 6.07 Å². The highest BCUT2D eigenvalue weighted by Crippen LogP contribution is 2.46. The smallest absolute Gasteiger partial charge is 0.336 e. The van der Waals surface area contributed by atoms with Crippen molar-refractivity contribution in [2.45, 2.75) is 66.7 Å². The van der Waals surface area contributed by atoms with Gasteiger partial charge in [-0.2, -0.15) is 5.26 Å². The molecule has 0 spiro atoms. The number of nitrogens with zero attached hydrogens (tertiary/aromatic N) is 2. The van der Waals surface area contributed by atoms with Crippen molar-refractivity contribution in [2.75, 3.05) is 6.61 Å². The summed E-state index contributed by atoms with van der Waals surface area (Å²) >= 11 is 0. The molecule has 1 atom stereocenters. The van der Waals surface area contributed by atoms with E-state index in [0.29, 0.717) is 36.7 Å². The average molecular weight is 499 g/mol. The molecule has 0 saturated carbocycles. The van der Waals surface area contributed by atoms with Gasteiger partial charge in [-0.3, -0.25) is 0 Å². The van der Waals surface area contributed by atoms with Gasteiger partial charge >= 0.3 is 14.2 Å². The van der Waals surface area contributed by atoms with Gasteiger partial charge in [0.15, 0.2) is 0 Å². The van der Waals surface area contributed by atoms with Crippen LogP contribution in [0.4, 0.5) is 0 Å². The summed E-state index contributed by atoms with van der Waals surface area (Å²) in [7, 11) is -1.39. The Morgan fingerprint density at radius 1 is 1.00 bits per heavy atom. The second-order valence-corrected chi connectivity index (χ2v) is 9.41. The Labute approximate surface area is 209 Å². The van der Waals surface area contributed by atoms with Crippen LogP contribution in [0.2, 0.25) is 0 Å². The first-order valence-corrected chi connectivity index (χ1v) is 13.0. The molecule has 1 aromatic heterocycles. The molecule has 0 aliphatic rings. The summed E-state index contributed by atoms with van der Waals surface area (Å²) in [4.78, 5) is 11.5. The van der Waals surface area contributed by atoms with Gasteiger partial charge in [0.2, 0.25) is 0 Å². The second kappa shape index (κ2) is 14.5. The third-order valence-electron chi connectivity index (χ3n) is 4.74. The van der Waals surface area contributed by atoms with Crippen molar-refractivity contribution in [3.05, 3.63) is 70.6 Å². The van der Waals surface area contributed by atoms with E-state index in [9.17, 15) is 4.79 Å². The number of fused-ring (bicyclic) bond motifs is 1. The van der Waals surface area contributed by atoms with Crippen LogP contribution in [0.1, 0.15) is 53.5 Å². The van der Waals surface area contributed by atoms with Crippen LogP contribution in [0.3, 0.4) is 0 Å². The summed E-state index contributed by atoms with van der Waals surface area (Å²) < 4.78 is 25.6. The third kappa shape index (κ3) is 8.67. The van der Waals surface area contributed by atoms with Crippen LogP contribution in [0.15, 0.2) is 63.8 Å². The molecule has 0 amide bonds. The summed E-state index contributed by atoms with van der Waals surface area (Å²) in [6, 6.07) is 18.7. The number of benzene rings is 2. The van der Waals surface area contributed by atoms with Gasteiger partial charge < -0.3 is 18.2 Å². The molecule has 188 valence electrons. The molecular weight excluding hydrogens is 463 g/mol. The van der Waals surface area contributed by atoms with Crippen LogP contribution in [0.5, 0.6) is 11.5 Å². The van der Waals surface area contributed by atoms with Gasteiger partial charge in [0.25, 0.3) is 0 Å². The average Bonchev–Trinajstić information content (AvgIpc) is 2.83. The minimum Gasteiger partial charge on any atom is -0.489 e. The molecule has 8 heteroatoms. The largest absolute Gasteiger partial charge is 0.489 e. The molecule has 0 fully saturated rings. The summed E-state index contributed by atoms with van der Waals surface area (Å²) in [6.45, 7) is 13.0. The van der Waals surface area contributed by atoms with Crippen LogP contribution in [-0.4, -0.2) is 23.4 Å². The van der Waals surface area contributed by atoms with Crippen molar-refractivity contribution >= 4 is 19.5 Å². The first-order chi connectivity index (χ1) is 16.9. The van der Waals surface area contributed by atoms with Gasteiger partial charge in [0, 0.05) is 29.6 Å². The van der Waals surface area contributed by atoms with Crippen molar-refractivity contribution in [1.29, 1.82) is 5.26 Å². The molecule has 0 N–H and O–H groups in total. The summed E-state index contributed by atoms with van der Waals surface area (Å²) in [5.41, 5.74) is 1.04. The quantitative estimate of drug-likeness (QED) is 0.159. The van der Waals surface area contributed by atoms with E-state index < -0.39 is 8.53 Å². The molecule has 0 aliphatic heterocycles. The van der Waals surface area contributed by atoms with E-state index in [4.69, 9.17) is 23.5 Å². The normalized spacial score (nSPS) is 11.8. The zero-order valence-electron chi connectivity index (χ0n) is 21.4. The van der Waals surface area contributed by atoms with Crippen LogP contribution >= 0.6 is 8.53 Å². The van der Waals surface area contributed by atoms with Crippen LogP contribution < -0.4 is 14.9 Å². The number of ether oxygens (including phenoxy) is 1. The fraction of sp³-hybridized carbons (Fsp3) is 0.407.